The quantitative estimate of drug-likeness (QED) is 0.573. The molecule has 0 bridgehead atoms. The largest absolute Gasteiger partial charge is 0.387 e. The van der Waals surface area contributed by atoms with E-state index >= 15 is 0 Å². The molecule has 1 saturated heterocycles. The number of aliphatic hydroxyl groups is 1. The Bertz CT molecular complexity index is 156. The van der Waals surface area contributed by atoms with Crippen LogP contribution >= 0.6 is 0 Å². The van der Waals surface area contributed by atoms with Gasteiger partial charge in [0, 0.05) is 6.61 Å². The molecule has 0 aromatic rings. The highest BCUT2D eigenvalue weighted by Crippen LogP contribution is 2.42. The summed E-state index contributed by atoms with van der Waals surface area (Å²) in [5, 5.41) is 10.2. The van der Waals surface area contributed by atoms with Crippen molar-refractivity contribution >= 4 is 0 Å². The third-order valence-corrected chi connectivity index (χ3v) is 3.31. The molecule has 2 heteroatoms. The Morgan fingerprint density at radius 2 is 2.27 bits per heavy atom. The SMILES string of the molecule is C[C@H]1CC[C@H]2OCCC[C@]12O. The van der Waals surface area contributed by atoms with E-state index in [2.05, 4.69) is 6.92 Å². The second kappa shape index (κ2) is 2.46. The van der Waals surface area contributed by atoms with Crippen molar-refractivity contribution in [1.29, 1.82) is 0 Å². The van der Waals surface area contributed by atoms with Gasteiger partial charge in [0.2, 0.25) is 0 Å². The molecule has 1 saturated carbocycles. The summed E-state index contributed by atoms with van der Waals surface area (Å²) < 4.78 is 5.53. The molecule has 0 radical (unpaired) electrons. The Kier molecular flexibility index (Phi) is 1.69. The Labute approximate surface area is 67.6 Å². The van der Waals surface area contributed by atoms with Gasteiger partial charge in [-0.25, -0.2) is 0 Å². The maximum Gasteiger partial charge on any atom is 0.0934 e. The van der Waals surface area contributed by atoms with Crippen LogP contribution in [0.3, 0.4) is 0 Å². The minimum Gasteiger partial charge on any atom is -0.387 e. The smallest absolute Gasteiger partial charge is 0.0934 e. The van der Waals surface area contributed by atoms with Crippen LogP contribution in [0.15, 0.2) is 0 Å². The Hall–Kier alpha value is -0.0800. The maximum atomic E-state index is 10.2. The number of ether oxygens (including phenoxy) is 1. The molecular weight excluding hydrogens is 140 g/mol. The summed E-state index contributed by atoms with van der Waals surface area (Å²) >= 11 is 0. The lowest BCUT2D eigenvalue weighted by Crippen LogP contribution is -2.46. The molecule has 1 N–H and O–H groups in total. The van der Waals surface area contributed by atoms with Crippen molar-refractivity contribution in [3.63, 3.8) is 0 Å². The van der Waals surface area contributed by atoms with Crippen molar-refractivity contribution in [1.82, 2.24) is 0 Å². The Morgan fingerprint density at radius 1 is 1.45 bits per heavy atom. The summed E-state index contributed by atoms with van der Waals surface area (Å²) in [5.74, 6) is 0.438. The van der Waals surface area contributed by atoms with Crippen molar-refractivity contribution < 1.29 is 9.84 Å². The molecule has 0 amide bonds. The zero-order chi connectivity index (χ0) is 7.90. The molecule has 11 heavy (non-hydrogen) atoms. The van der Waals surface area contributed by atoms with E-state index in [-0.39, 0.29) is 6.10 Å². The number of fused-ring (bicyclic) bond motifs is 1. The molecular formula is C9H16O2. The van der Waals surface area contributed by atoms with Gasteiger partial charge in [-0.05, 0) is 31.6 Å². The predicted molar refractivity (Wildman–Crippen MR) is 42.3 cm³/mol. The zero-order valence-electron chi connectivity index (χ0n) is 7.05. The summed E-state index contributed by atoms with van der Waals surface area (Å²) in [5.41, 5.74) is -0.474. The zero-order valence-corrected chi connectivity index (χ0v) is 7.05. The first kappa shape index (κ1) is 7.56. The van der Waals surface area contributed by atoms with Crippen LogP contribution in [0.5, 0.6) is 0 Å². The van der Waals surface area contributed by atoms with E-state index in [1.165, 1.54) is 0 Å². The molecule has 1 aliphatic heterocycles. The average molecular weight is 156 g/mol. The molecule has 0 aromatic carbocycles. The molecule has 0 spiro atoms. The third kappa shape index (κ3) is 1.00. The monoisotopic (exact) mass is 156 g/mol. The van der Waals surface area contributed by atoms with E-state index in [4.69, 9.17) is 4.74 Å². The molecule has 2 nitrogen and oxygen atoms in total. The van der Waals surface area contributed by atoms with Crippen LogP contribution in [0.4, 0.5) is 0 Å². The van der Waals surface area contributed by atoms with Crippen LogP contribution in [0, 0.1) is 5.92 Å². The van der Waals surface area contributed by atoms with Gasteiger partial charge in [-0.1, -0.05) is 6.92 Å². The van der Waals surface area contributed by atoms with Crippen molar-refractivity contribution in [2.75, 3.05) is 6.61 Å². The lowest BCUT2D eigenvalue weighted by atomic mass is 9.85. The molecule has 2 rings (SSSR count). The highest BCUT2D eigenvalue weighted by atomic mass is 16.5. The van der Waals surface area contributed by atoms with Gasteiger partial charge >= 0.3 is 0 Å². The number of rotatable bonds is 0. The van der Waals surface area contributed by atoms with Gasteiger partial charge in [-0.3, -0.25) is 0 Å². The normalized spacial score (nSPS) is 50.7. The van der Waals surface area contributed by atoms with E-state index in [0.29, 0.717) is 5.92 Å². The molecule has 0 unspecified atom stereocenters. The first-order chi connectivity index (χ1) is 5.23. The molecule has 64 valence electrons. The highest BCUT2D eigenvalue weighted by Gasteiger charge is 2.48. The summed E-state index contributed by atoms with van der Waals surface area (Å²) in [7, 11) is 0. The lowest BCUT2D eigenvalue weighted by Gasteiger charge is -2.37. The lowest BCUT2D eigenvalue weighted by molar-refractivity contribution is -0.142. The van der Waals surface area contributed by atoms with Gasteiger partial charge in [-0.15, -0.1) is 0 Å². The minimum atomic E-state index is -0.474. The average Bonchev–Trinajstić information content (AvgIpc) is 2.29. The van der Waals surface area contributed by atoms with Crippen LogP contribution < -0.4 is 0 Å². The van der Waals surface area contributed by atoms with Gasteiger partial charge in [0.15, 0.2) is 0 Å². The summed E-state index contributed by atoms with van der Waals surface area (Å²) in [6, 6.07) is 0. The molecule has 2 fully saturated rings. The van der Waals surface area contributed by atoms with Gasteiger partial charge in [0.05, 0.1) is 11.7 Å². The minimum absolute atomic E-state index is 0.145. The standard InChI is InChI=1S/C9H16O2/c1-7-3-4-8-9(7,10)5-2-6-11-8/h7-8,10H,2-6H2,1H3/t7-,8+,9-/m0/s1. The van der Waals surface area contributed by atoms with Crippen LogP contribution in [0.1, 0.15) is 32.6 Å². The Morgan fingerprint density at radius 3 is 3.00 bits per heavy atom. The van der Waals surface area contributed by atoms with Crippen LogP contribution in [-0.4, -0.2) is 23.4 Å². The number of hydrogen-bond acceptors (Lipinski definition) is 2. The third-order valence-electron chi connectivity index (χ3n) is 3.31. The first-order valence-electron chi connectivity index (χ1n) is 4.57. The number of hydrogen-bond donors (Lipinski definition) is 1. The van der Waals surface area contributed by atoms with E-state index in [1.807, 2.05) is 0 Å². The van der Waals surface area contributed by atoms with E-state index in [1.54, 1.807) is 0 Å². The first-order valence-corrected chi connectivity index (χ1v) is 4.57. The Balaban J connectivity index is 2.16. The van der Waals surface area contributed by atoms with Gasteiger partial charge in [0.25, 0.3) is 0 Å². The fourth-order valence-corrected chi connectivity index (χ4v) is 2.43. The van der Waals surface area contributed by atoms with Crippen molar-refractivity contribution in [3.05, 3.63) is 0 Å². The van der Waals surface area contributed by atoms with Crippen LogP contribution in [0.2, 0.25) is 0 Å². The topological polar surface area (TPSA) is 29.5 Å². The second-order valence-electron chi connectivity index (χ2n) is 3.93. The fourth-order valence-electron chi connectivity index (χ4n) is 2.43. The molecule has 2 aliphatic rings. The van der Waals surface area contributed by atoms with Crippen LogP contribution in [-0.2, 0) is 4.74 Å². The molecule has 0 aromatic heterocycles. The van der Waals surface area contributed by atoms with Gasteiger partial charge < -0.3 is 9.84 Å². The van der Waals surface area contributed by atoms with E-state index in [9.17, 15) is 5.11 Å². The molecule has 1 aliphatic carbocycles. The molecule has 3 atom stereocenters. The van der Waals surface area contributed by atoms with Gasteiger partial charge in [-0.2, -0.15) is 0 Å². The fraction of sp³-hybridized carbons (Fsp3) is 1.00. The van der Waals surface area contributed by atoms with Crippen molar-refractivity contribution in [2.24, 2.45) is 5.92 Å². The highest BCUT2D eigenvalue weighted by molar-refractivity contribution is 4.99. The predicted octanol–water partition coefficient (Wildman–Crippen LogP) is 1.33. The molecule has 1 heterocycles. The van der Waals surface area contributed by atoms with Crippen molar-refractivity contribution in [2.45, 2.75) is 44.3 Å². The summed E-state index contributed by atoms with van der Waals surface area (Å²) in [6.45, 7) is 2.98. The van der Waals surface area contributed by atoms with Crippen LogP contribution in [0.25, 0.3) is 0 Å². The second-order valence-corrected chi connectivity index (χ2v) is 3.93. The van der Waals surface area contributed by atoms with E-state index in [0.717, 1.165) is 32.3 Å². The maximum absolute atomic E-state index is 10.2. The summed E-state index contributed by atoms with van der Waals surface area (Å²) in [4.78, 5) is 0. The van der Waals surface area contributed by atoms with E-state index < -0.39 is 5.60 Å². The summed E-state index contributed by atoms with van der Waals surface area (Å²) in [6.07, 6.45) is 4.29. The van der Waals surface area contributed by atoms with Gasteiger partial charge in [0.1, 0.15) is 0 Å². The van der Waals surface area contributed by atoms with Crippen molar-refractivity contribution in [3.8, 4) is 0 Å².